The van der Waals surface area contributed by atoms with E-state index < -0.39 is 0 Å². The second-order valence-electron chi connectivity index (χ2n) is 5.37. The predicted molar refractivity (Wildman–Crippen MR) is 86.1 cm³/mol. The highest BCUT2D eigenvalue weighted by molar-refractivity contribution is 5.80. The number of benzene rings is 1. The summed E-state index contributed by atoms with van der Waals surface area (Å²) in [5.41, 5.74) is 2.00. The number of H-pyrrole nitrogens is 1. The zero-order valence-electron chi connectivity index (χ0n) is 12.4. The number of nitrogens with zero attached hydrogens (tertiary/aromatic N) is 3. The van der Waals surface area contributed by atoms with Crippen LogP contribution in [-0.4, -0.2) is 20.0 Å². The highest BCUT2D eigenvalue weighted by atomic mass is 16.3. The first-order valence-corrected chi connectivity index (χ1v) is 7.30. The maximum atomic E-state index is 12.2. The molecule has 4 aromatic rings. The minimum absolute atomic E-state index is 0.0389. The van der Waals surface area contributed by atoms with E-state index in [4.69, 9.17) is 4.42 Å². The van der Waals surface area contributed by atoms with Gasteiger partial charge in [-0.1, -0.05) is 17.3 Å². The Bertz CT molecular complexity index is 1010. The van der Waals surface area contributed by atoms with Crippen LogP contribution in [0.3, 0.4) is 0 Å². The average molecular weight is 306 g/mol. The van der Waals surface area contributed by atoms with E-state index in [2.05, 4.69) is 15.3 Å². The van der Waals surface area contributed by atoms with Crippen molar-refractivity contribution in [2.75, 3.05) is 0 Å². The quantitative estimate of drug-likeness (QED) is 0.631. The molecule has 4 rings (SSSR count). The molecule has 0 fully saturated rings. The third kappa shape index (κ3) is 2.34. The molecule has 1 N–H and O–H groups in total. The van der Waals surface area contributed by atoms with Gasteiger partial charge < -0.3 is 9.40 Å². The SMILES string of the molecule is CC(c1ccco1)n1cc(-c2cc(=O)c3ccccc3[nH]2)nn1. The molecule has 0 amide bonds. The summed E-state index contributed by atoms with van der Waals surface area (Å²) in [5, 5.41) is 8.97. The fraction of sp³-hybridized carbons (Fsp3) is 0.118. The van der Waals surface area contributed by atoms with Gasteiger partial charge in [-0.05, 0) is 31.2 Å². The van der Waals surface area contributed by atoms with E-state index in [0.29, 0.717) is 16.8 Å². The normalized spacial score (nSPS) is 12.6. The summed E-state index contributed by atoms with van der Waals surface area (Å²) in [5.74, 6) is 0.799. The van der Waals surface area contributed by atoms with Crippen LogP contribution >= 0.6 is 0 Å². The van der Waals surface area contributed by atoms with E-state index in [0.717, 1.165) is 11.3 Å². The lowest BCUT2D eigenvalue weighted by Crippen LogP contribution is -2.06. The van der Waals surface area contributed by atoms with Gasteiger partial charge in [-0.3, -0.25) is 4.79 Å². The molecule has 0 saturated carbocycles. The van der Waals surface area contributed by atoms with Crippen LogP contribution in [-0.2, 0) is 0 Å². The van der Waals surface area contributed by atoms with Gasteiger partial charge in [0.05, 0.1) is 18.2 Å². The van der Waals surface area contributed by atoms with Gasteiger partial charge >= 0.3 is 0 Å². The molecule has 0 radical (unpaired) electrons. The zero-order chi connectivity index (χ0) is 15.8. The predicted octanol–water partition coefficient (Wildman–Crippen LogP) is 2.99. The van der Waals surface area contributed by atoms with E-state index in [1.165, 1.54) is 0 Å². The van der Waals surface area contributed by atoms with Crippen LogP contribution < -0.4 is 5.43 Å². The van der Waals surface area contributed by atoms with Crippen molar-refractivity contribution in [1.29, 1.82) is 0 Å². The fourth-order valence-electron chi connectivity index (χ4n) is 2.58. The van der Waals surface area contributed by atoms with Crippen molar-refractivity contribution >= 4 is 10.9 Å². The minimum Gasteiger partial charge on any atom is -0.467 e. The highest BCUT2D eigenvalue weighted by Crippen LogP contribution is 2.20. The van der Waals surface area contributed by atoms with Crippen LogP contribution in [0, 0.1) is 0 Å². The lowest BCUT2D eigenvalue weighted by atomic mass is 10.2. The molecule has 0 spiro atoms. The van der Waals surface area contributed by atoms with Crippen LogP contribution in [0.5, 0.6) is 0 Å². The summed E-state index contributed by atoms with van der Waals surface area (Å²) in [6.45, 7) is 1.97. The molecule has 114 valence electrons. The second-order valence-corrected chi connectivity index (χ2v) is 5.37. The topological polar surface area (TPSA) is 76.7 Å². The molecule has 6 nitrogen and oxygen atoms in total. The number of furan rings is 1. The number of hydrogen-bond acceptors (Lipinski definition) is 4. The van der Waals surface area contributed by atoms with E-state index in [-0.39, 0.29) is 11.5 Å². The van der Waals surface area contributed by atoms with Crippen LogP contribution in [0.4, 0.5) is 0 Å². The van der Waals surface area contributed by atoms with Crippen molar-refractivity contribution < 1.29 is 4.42 Å². The molecule has 1 aromatic carbocycles. The van der Waals surface area contributed by atoms with Crippen molar-refractivity contribution in [1.82, 2.24) is 20.0 Å². The van der Waals surface area contributed by atoms with E-state index in [1.54, 1.807) is 29.3 Å². The molecule has 23 heavy (non-hydrogen) atoms. The summed E-state index contributed by atoms with van der Waals surface area (Å²) in [6, 6.07) is 12.6. The first kappa shape index (κ1) is 13.5. The Hall–Kier alpha value is -3.15. The first-order valence-electron chi connectivity index (χ1n) is 7.30. The van der Waals surface area contributed by atoms with Crippen LogP contribution in [0.2, 0.25) is 0 Å². The van der Waals surface area contributed by atoms with Gasteiger partial charge in [0, 0.05) is 17.0 Å². The Morgan fingerprint density at radius 3 is 2.91 bits per heavy atom. The maximum Gasteiger partial charge on any atom is 0.190 e. The Balaban J connectivity index is 1.76. The van der Waals surface area contributed by atoms with E-state index in [9.17, 15) is 4.79 Å². The Morgan fingerprint density at radius 2 is 2.09 bits per heavy atom. The summed E-state index contributed by atoms with van der Waals surface area (Å²) < 4.78 is 7.11. The van der Waals surface area contributed by atoms with E-state index >= 15 is 0 Å². The van der Waals surface area contributed by atoms with Gasteiger partial charge in [0.25, 0.3) is 0 Å². The Kier molecular flexibility index (Phi) is 3.08. The number of fused-ring (bicyclic) bond motifs is 1. The average Bonchev–Trinajstić information content (AvgIpc) is 3.26. The monoisotopic (exact) mass is 306 g/mol. The highest BCUT2D eigenvalue weighted by Gasteiger charge is 2.14. The standard InChI is InChI=1S/C17H14N4O2/c1-11(17-7-4-8-23-17)21-10-15(19-20-21)14-9-16(22)12-5-2-3-6-13(12)18-14/h2-11H,1H3,(H,18,22). The number of aromatic amines is 1. The molecule has 3 aromatic heterocycles. The molecule has 0 bridgehead atoms. The number of aromatic nitrogens is 4. The van der Waals surface area contributed by atoms with Gasteiger partial charge in [-0.15, -0.1) is 5.10 Å². The molecule has 0 saturated heterocycles. The lowest BCUT2D eigenvalue weighted by molar-refractivity contribution is 0.419. The van der Waals surface area contributed by atoms with Crippen LogP contribution in [0.1, 0.15) is 18.7 Å². The molecule has 1 atom stereocenters. The van der Waals surface area contributed by atoms with Crippen molar-refractivity contribution in [2.24, 2.45) is 0 Å². The van der Waals surface area contributed by atoms with Crippen LogP contribution in [0.25, 0.3) is 22.3 Å². The fourth-order valence-corrected chi connectivity index (χ4v) is 2.58. The number of hydrogen-bond donors (Lipinski definition) is 1. The van der Waals surface area contributed by atoms with Crippen molar-refractivity contribution in [3.8, 4) is 11.4 Å². The summed E-state index contributed by atoms with van der Waals surface area (Å²) in [7, 11) is 0. The number of pyridine rings is 1. The summed E-state index contributed by atoms with van der Waals surface area (Å²) in [4.78, 5) is 15.4. The van der Waals surface area contributed by atoms with Crippen molar-refractivity contribution in [3.05, 3.63) is 70.9 Å². The van der Waals surface area contributed by atoms with Gasteiger partial charge in [0.15, 0.2) is 5.43 Å². The number of para-hydroxylation sites is 1. The third-order valence-corrected chi connectivity index (χ3v) is 3.88. The molecule has 6 heteroatoms. The smallest absolute Gasteiger partial charge is 0.190 e. The molecule has 1 unspecified atom stereocenters. The van der Waals surface area contributed by atoms with Gasteiger partial charge in [0.1, 0.15) is 17.5 Å². The molecular weight excluding hydrogens is 292 g/mol. The van der Waals surface area contributed by atoms with Gasteiger partial charge in [0.2, 0.25) is 0 Å². The molecule has 0 aliphatic heterocycles. The Morgan fingerprint density at radius 1 is 1.22 bits per heavy atom. The molecular formula is C17H14N4O2. The lowest BCUT2D eigenvalue weighted by Gasteiger charge is -2.07. The Labute approximate surface area is 131 Å². The van der Waals surface area contributed by atoms with Gasteiger partial charge in [-0.25, -0.2) is 4.68 Å². The molecule has 0 aliphatic rings. The largest absolute Gasteiger partial charge is 0.467 e. The van der Waals surface area contributed by atoms with Crippen molar-refractivity contribution in [2.45, 2.75) is 13.0 Å². The minimum atomic E-state index is -0.0709. The molecule has 3 heterocycles. The first-order chi connectivity index (χ1) is 11.2. The van der Waals surface area contributed by atoms with Gasteiger partial charge in [-0.2, -0.15) is 0 Å². The summed E-state index contributed by atoms with van der Waals surface area (Å²) >= 11 is 0. The third-order valence-electron chi connectivity index (χ3n) is 3.88. The van der Waals surface area contributed by atoms with Crippen LogP contribution in [0.15, 0.2) is 64.1 Å². The number of rotatable bonds is 3. The number of nitrogens with one attached hydrogen (secondary N) is 1. The van der Waals surface area contributed by atoms with Crippen molar-refractivity contribution in [3.63, 3.8) is 0 Å². The summed E-state index contributed by atoms with van der Waals surface area (Å²) in [6.07, 6.45) is 3.43. The van der Waals surface area contributed by atoms with E-state index in [1.807, 2.05) is 37.3 Å². The second kappa shape index (κ2) is 5.24. The maximum absolute atomic E-state index is 12.2. The zero-order valence-corrected chi connectivity index (χ0v) is 12.4. The molecule has 0 aliphatic carbocycles.